The molecule has 0 fully saturated rings. The van der Waals surface area contributed by atoms with Crippen LogP contribution < -0.4 is 10.6 Å². The Labute approximate surface area is 149 Å². The van der Waals surface area contributed by atoms with Gasteiger partial charge < -0.3 is 15.7 Å². The maximum absolute atomic E-state index is 12.7. The van der Waals surface area contributed by atoms with Gasteiger partial charge in [-0.2, -0.15) is 13.2 Å². The molecule has 2 rings (SSSR count). The number of hydrogen-bond acceptors (Lipinski definition) is 2. The van der Waals surface area contributed by atoms with Gasteiger partial charge in [0.2, 0.25) is 0 Å². The van der Waals surface area contributed by atoms with Gasteiger partial charge in [0.15, 0.2) is 5.75 Å². The fourth-order valence-electron chi connectivity index (χ4n) is 1.71. The summed E-state index contributed by atoms with van der Waals surface area (Å²) in [6, 6.07) is 4.17. The number of phenols is 1. The molecule has 0 atom stereocenters. The van der Waals surface area contributed by atoms with E-state index >= 15 is 0 Å². The molecule has 0 saturated heterocycles. The van der Waals surface area contributed by atoms with Crippen molar-refractivity contribution in [1.82, 2.24) is 0 Å². The van der Waals surface area contributed by atoms with E-state index in [1.54, 1.807) is 0 Å². The molecule has 10 heteroatoms. The number of urea groups is 1. The molecular weight excluding hydrogens is 392 g/mol. The summed E-state index contributed by atoms with van der Waals surface area (Å²) < 4.78 is 38.1. The molecule has 0 heterocycles. The van der Waals surface area contributed by atoms with Crippen molar-refractivity contribution in [2.45, 2.75) is 6.18 Å². The van der Waals surface area contributed by atoms with Crippen LogP contribution in [0, 0.1) is 0 Å². The van der Waals surface area contributed by atoms with E-state index in [0.717, 1.165) is 12.1 Å². The lowest BCUT2D eigenvalue weighted by molar-refractivity contribution is -0.137. The molecule has 0 spiro atoms. The minimum absolute atomic E-state index is 0.0704. The summed E-state index contributed by atoms with van der Waals surface area (Å²) in [5.41, 5.74) is -1.30. The first-order valence-corrected chi connectivity index (χ1v) is 7.34. The van der Waals surface area contributed by atoms with Crippen LogP contribution in [-0.4, -0.2) is 11.1 Å². The Morgan fingerprint density at radius 3 is 2.17 bits per heavy atom. The molecule has 0 aromatic heterocycles. The molecular formula is C14H8Cl3F3N2O2. The van der Waals surface area contributed by atoms with Gasteiger partial charge in [0.25, 0.3) is 0 Å². The molecule has 4 nitrogen and oxygen atoms in total. The number of alkyl halides is 3. The van der Waals surface area contributed by atoms with Gasteiger partial charge in [-0.25, -0.2) is 4.79 Å². The highest BCUT2D eigenvalue weighted by atomic mass is 35.5. The Balaban J connectivity index is 2.20. The van der Waals surface area contributed by atoms with E-state index in [1.807, 2.05) is 0 Å². The highest BCUT2D eigenvalue weighted by Crippen LogP contribution is 2.37. The molecule has 2 aromatic carbocycles. The van der Waals surface area contributed by atoms with Crippen molar-refractivity contribution < 1.29 is 23.1 Å². The molecule has 3 N–H and O–H groups in total. The lowest BCUT2D eigenvalue weighted by atomic mass is 10.2. The number of phenolic OH excluding ortho intramolecular Hbond substituents is 1. The predicted molar refractivity (Wildman–Crippen MR) is 87.2 cm³/mol. The van der Waals surface area contributed by atoms with E-state index in [-0.39, 0.29) is 26.4 Å². The molecule has 0 unspecified atom stereocenters. The lowest BCUT2D eigenvalue weighted by Gasteiger charge is -2.13. The standard InChI is InChI=1S/C14H8Cl3F3N2O2/c15-7-2-1-6(14(18,19)20)5-10(7)22-13(24)21-9-4-3-8(16)11(17)12(9)23/h1-5,23H,(H2,21,22,24). The third kappa shape index (κ3) is 4.17. The van der Waals surface area contributed by atoms with Gasteiger partial charge in [0.1, 0.15) is 5.02 Å². The molecule has 0 aliphatic rings. The van der Waals surface area contributed by atoms with Gasteiger partial charge in [0.05, 0.1) is 27.0 Å². The van der Waals surface area contributed by atoms with Crippen molar-refractivity contribution in [2.24, 2.45) is 0 Å². The van der Waals surface area contributed by atoms with E-state index in [4.69, 9.17) is 34.8 Å². The maximum Gasteiger partial charge on any atom is 0.416 e. The van der Waals surface area contributed by atoms with Crippen LogP contribution in [0.2, 0.25) is 15.1 Å². The molecule has 0 aliphatic carbocycles. The van der Waals surface area contributed by atoms with Gasteiger partial charge in [-0.3, -0.25) is 0 Å². The van der Waals surface area contributed by atoms with Crippen LogP contribution in [0.5, 0.6) is 5.75 Å². The average Bonchev–Trinajstić information content (AvgIpc) is 2.49. The Kier molecular flexibility index (Phi) is 5.37. The molecule has 2 aromatic rings. The van der Waals surface area contributed by atoms with Crippen molar-refractivity contribution in [2.75, 3.05) is 10.6 Å². The number of rotatable bonds is 2. The van der Waals surface area contributed by atoms with Crippen LogP contribution in [0.4, 0.5) is 29.3 Å². The summed E-state index contributed by atoms with van der Waals surface area (Å²) in [6.45, 7) is 0. The van der Waals surface area contributed by atoms with Crippen LogP contribution in [0.1, 0.15) is 5.56 Å². The summed E-state index contributed by atoms with van der Waals surface area (Å²) in [5, 5.41) is 14.0. The predicted octanol–water partition coefficient (Wildman–Crippen LogP) is 6.02. The number of carbonyl (C=O) groups excluding carboxylic acids is 1. The van der Waals surface area contributed by atoms with Crippen LogP contribution in [0.3, 0.4) is 0 Å². The third-order valence-electron chi connectivity index (χ3n) is 2.86. The van der Waals surface area contributed by atoms with Crippen LogP contribution in [0.25, 0.3) is 0 Å². The monoisotopic (exact) mass is 398 g/mol. The Morgan fingerprint density at radius 2 is 1.54 bits per heavy atom. The summed E-state index contributed by atoms with van der Waals surface area (Å²) in [7, 11) is 0. The SMILES string of the molecule is O=C(Nc1cc(C(F)(F)F)ccc1Cl)Nc1ccc(Cl)c(Cl)c1O. The molecule has 0 radical (unpaired) electrons. The number of benzene rings is 2. The van der Waals surface area contributed by atoms with Crippen molar-refractivity contribution in [3.05, 3.63) is 51.0 Å². The zero-order chi connectivity index (χ0) is 18.1. The van der Waals surface area contributed by atoms with E-state index < -0.39 is 23.5 Å². The number of nitrogens with one attached hydrogen (secondary N) is 2. The number of amides is 2. The molecule has 0 bridgehead atoms. The van der Waals surface area contributed by atoms with Crippen molar-refractivity contribution in [3.8, 4) is 5.75 Å². The first-order valence-electron chi connectivity index (χ1n) is 6.21. The first-order chi connectivity index (χ1) is 11.1. The largest absolute Gasteiger partial charge is 0.504 e. The summed E-state index contributed by atoms with van der Waals surface area (Å²) in [5.74, 6) is -0.477. The summed E-state index contributed by atoms with van der Waals surface area (Å²) in [4.78, 5) is 11.9. The number of halogens is 6. The van der Waals surface area contributed by atoms with E-state index in [1.165, 1.54) is 12.1 Å². The topological polar surface area (TPSA) is 61.4 Å². The fourth-order valence-corrected chi connectivity index (χ4v) is 2.20. The van der Waals surface area contributed by atoms with Crippen molar-refractivity contribution in [1.29, 1.82) is 0 Å². The second kappa shape index (κ2) is 6.96. The van der Waals surface area contributed by atoms with E-state index in [0.29, 0.717) is 6.07 Å². The van der Waals surface area contributed by atoms with Crippen LogP contribution >= 0.6 is 34.8 Å². The van der Waals surface area contributed by atoms with Gasteiger partial charge in [-0.1, -0.05) is 34.8 Å². The fraction of sp³-hybridized carbons (Fsp3) is 0.0714. The normalized spacial score (nSPS) is 11.2. The quantitative estimate of drug-likeness (QED) is 0.541. The van der Waals surface area contributed by atoms with Crippen LogP contribution in [-0.2, 0) is 6.18 Å². The van der Waals surface area contributed by atoms with Gasteiger partial charge in [-0.15, -0.1) is 0 Å². The number of hydrogen-bond donors (Lipinski definition) is 3. The molecule has 0 aliphatic heterocycles. The van der Waals surface area contributed by atoms with Gasteiger partial charge >= 0.3 is 12.2 Å². The minimum Gasteiger partial charge on any atom is -0.504 e. The highest BCUT2D eigenvalue weighted by Gasteiger charge is 2.31. The third-order valence-corrected chi connectivity index (χ3v) is 3.98. The Bertz CT molecular complexity index is 798. The molecule has 24 heavy (non-hydrogen) atoms. The zero-order valence-electron chi connectivity index (χ0n) is 11.5. The number of aromatic hydroxyl groups is 1. The molecule has 0 saturated carbocycles. The Hall–Kier alpha value is -1.83. The first kappa shape index (κ1) is 18.5. The van der Waals surface area contributed by atoms with Gasteiger partial charge in [0, 0.05) is 0 Å². The van der Waals surface area contributed by atoms with Crippen molar-refractivity contribution in [3.63, 3.8) is 0 Å². The zero-order valence-corrected chi connectivity index (χ0v) is 13.8. The average molecular weight is 400 g/mol. The minimum atomic E-state index is -4.58. The summed E-state index contributed by atoms with van der Waals surface area (Å²) in [6.07, 6.45) is -4.58. The second-order valence-electron chi connectivity index (χ2n) is 4.53. The van der Waals surface area contributed by atoms with E-state index in [2.05, 4.69) is 10.6 Å². The lowest BCUT2D eigenvalue weighted by Crippen LogP contribution is -2.20. The second-order valence-corrected chi connectivity index (χ2v) is 5.72. The van der Waals surface area contributed by atoms with Crippen LogP contribution in [0.15, 0.2) is 30.3 Å². The van der Waals surface area contributed by atoms with Gasteiger partial charge in [-0.05, 0) is 30.3 Å². The summed E-state index contributed by atoms with van der Waals surface area (Å²) >= 11 is 17.2. The van der Waals surface area contributed by atoms with Crippen molar-refractivity contribution >= 4 is 52.2 Å². The molecule has 128 valence electrons. The molecule has 2 amide bonds. The number of anilines is 2. The van der Waals surface area contributed by atoms with E-state index in [9.17, 15) is 23.1 Å². The highest BCUT2D eigenvalue weighted by molar-refractivity contribution is 6.43. The number of carbonyl (C=O) groups is 1. The smallest absolute Gasteiger partial charge is 0.416 e. The Morgan fingerprint density at radius 1 is 0.958 bits per heavy atom. The maximum atomic E-state index is 12.7.